The molecule has 0 aromatic carbocycles. The molecule has 0 aliphatic heterocycles. The third kappa shape index (κ3) is 7.23. The van der Waals surface area contributed by atoms with E-state index in [1.807, 2.05) is 7.05 Å². The molecular weight excluding hydrogens is 222 g/mol. The fourth-order valence-electron chi connectivity index (χ4n) is 1.82. The second-order valence-corrected chi connectivity index (χ2v) is 7.20. The number of nitrogens with one attached hydrogen (secondary N) is 1. The zero-order valence-corrected chi connectivity index (χ0v) is 11.9. The van der Waals surface area contributed by atoms with Gasteiger partial charge in [-0.1, -0.05) is 33.6 Å². The van der Waals surface area contributed by atoms with Crippen LogP contribution in [0.1, 0.15) is 46.5 Å². The molecule has 0 saturated heterocycles. The molecule has 0 aliphatic rings. The minimum Gasteiger partial charge on any atom is -0.317 e. The summed E-state index contributed by atoms with van der Waals surface area (Å²) in [7, 11) is -0.765. The van der Waals surface area contributed by atoms with Crippen LogP contribution in [0.3, 0.4) is 0 Å². The number of hydrogen-bond donors (Lipinski definition) is 1. The smallest absolute Gasteiger partial charge is 0.150 e. The molecule has 98 valence electrons. The summed E-state index contributed by atoms with van der Waals surface area (Å²) in [5, 5.41) is 3.30. The summed E-state index contributed by atoms with van der Waals surface area (Å²) < 4.78 is 22.5. The minimum absolute atomic E-state index is 0.276. The Balaban J connectivity index is 3.61. The minimum atomic E-state index is -2.76. The molecule has 1 atom stereocenters. The molecule has 0 rings (SSSR count). The Hall–Kier alpha value is -0.0900. The van der Waals surface area contributed by atoms with Crippen LogP contribution in [-0.4, -0.2) is 33.0 Å². The van der Waals surface area contributed by atoms with Gasteiger partial charge in [-0.2, -0.15) is 0 Å². The van der Waals surface area contributed by atoms with Gasteiger partial charge in [0, 0.05) is 11.8 Å². The van der Waals surface area contributed by atoms with E-state index >= 15 is 0 Å². The van der Waals surface area contributed by atoms with Gasteiger partial charge in [0.25, 0.3) is 0 Å². The average molecular weight is 249 g/mol. The van der Waals surface area contributed by atoms with Crippen LogP contribution in [0.4, 0.5) is 0 Å². The quantitative estimate of drug-likeness (QED) is 0.637. The predicted octanol–water partition coefficient (Wildman–Crippen LogP) is 2.23. The Morgan fingerprint density at radius 1 is 1.12 bits per heavy atom. The highest BCUT2D eigenvalue weighted by atomic mass is 32.2. The largest absolute Gasteiger partial charge is 0.317 e. The van der Waals surface area contributed by atoms with E-state index in [2.05, 4.69) is 19.2 Å². The van der Waals surface area contributed by atoms with Crippen LogP contribution in [-0.2, 0) is 9.84 Å². The molecule has 3 nitrogen and oxygen atoms in total. The van der Waals surface area contributed by atoms with E-state index < -0.39 is 9.84 Å². The molecule has 1 N–H and O–H groups in total. The summed E-state index contributed by atoms with van der Waals surface area (Å²) in [4.78, 5) is 0. The van der Waals surface area contributed by atoms with E-state index in [4.69, 9.17) is 0 Å². The van der Waals surface area contributed by atoms with Crippen LogP contribution in [0.2, 0.25) is 0 Å². The first-order valence-electron chi connectivity index (χ1n) is 6.30. The molecule has 0 aromatic heterocycles. The molecule has 0 aliphatic carbocycles. The first kappa shape index (κ1) is 15.9. The normalized spacial score (nSPS) is 14.3. The fourth-order valence-corrected chi connectivity index (χ4v) is 2.75. The van der Waals surface area contributed by atoms with Gasteiger partial charge < -0.3 is 5.32 Å². The molecule has 1 unspecified atom stereocenters. The van der Waals surface area contributed by atoms with Crippen molar-refractivity contribution in [1.82, 2.24) is 5.32 Å². The second kappa shape index (κ2) is 8.07. The maximum atomic E-state index is 11.2. The number of rotatable bonds is 9. The first-order chi connectivity index (χ1) is 7.43. The van der Waals surface area contributed by atoms with Crippen molar-refractivity contribution in [1.29, 1.82) is 0 Å². The molecule has 16 heavy (non-hydrogen) atoms. The van der Waals surface area contributed by atoms with Crippen LogP contribution in [0, 0.1) is 5.92 Å². The maximum absolute atomic E-state index is 11.2. The van der Waals surface area contributed by atoms with Crippen LogP contribution in [0.25, 0.3) is 0 Å². The monoisotopic (exact) mass is 249 g/mol. The van der Waals surface area contributed by atoms with Crippen LogP contribution < -0.4 is 5.32 Å². The van der Waals surface area contributed by atoms with Gasteiger partial charge in [-0.25, -0.2) is 8.42 Å². The predicted molar refractivity (Wildman–Crippen MR) is 70.5 cm³/mol. The molecule has 0 bridgehead atoms. The van der Waals surface area contributed by atoms with Crippen molar-refractivity contribution in [2.75, 3.05) is 18.6 Å². The van der Waals surface area contributed by atoms with Gasteiger partial charge in [0.2, 0.25) is 0 Å². The Bertz CT molecular complexity index is 260. The third-order valence-corrected chi connectivity index (χ3v) is 4.88. The first-order valence-corrected chi connectivity index (χ1v) is 8.12. The topological polar surface area (TPSA) is 46.2 Å². The van der Waals surface area contributed by atoms with Crippen LogP contribution in [0.5, 0.6) is 0 Å². The van der Waals surface area contributed by atoms with Crippen molar-refractivity contribution in [3.05, 3.63) is 0 Å². The van der Waals surface area contributed by atoms with Crippen LogP contribution >= 0.6 is 0 Å². The van der Waals surface area contributed by atoms with E-state index in [1.54, 1.807) is 6.92 Å². The van der Waals surface area contributed by atoms with Gasteiger partial charge in [-0.15, -0.1) is 0 Å². The lowest BCUT2D eigenvalue weighted by Crippen LogP contribution is -2.30. The molecule has 0 radical (unpaired) electrons. The molecule has 0 saturated carbocycles. The lowest BCUT2D eigenvalue weighted by atomic mass is 9.98. The molecular formula is C12H27NO2S. The molecule has 0 heterocycles. The highest BCUT2D eigenvalue weighted by Gasteiger charge is 2.10. The number of hydrogen-bond acceptors (Lipinski definition) is 3. The van der Waals surface area contributed by atoms with Gasteiger partial charge in [0.1, 0.15) is 9.84 Å². The van der Waals surface area contributed by atoms with E-state index in [0.717, 1.165) is 25.7 Å². The van der Waals surface area contributed by atoms with Crippen molar-refractivity contribution in [2.24, 2.45) is 5.92 Å². The average Bonchev–Trinajstić information content (AvgIpc) is 2.22. The molecule has 0 aromatic rings. The summed E-state index contributed by atoms with van der Waals surface area (Å²) in [5.41, 5.74) is 0. The van der Waals surface area contributed by atoms with Gasteiger partial charge >= 0.3 is 0 Å². The summed E-state index contributed by atoms with van der Waals surface area (Å²) in [6.07, 6.45) is 4.08. The number of sulfone groups is 1. The van der Waals surface area contributed by atoms with Gasteiger partial charge in [-0.3, -0.25) is 0 Å². The van der Waals surface area contributed by atoms with Gasteiger partial charge in [-0.05, 0) is 25.8 Å². The molecule has 0 amide bonds. The van der Waals surface area contributed by atoms with Gasteiger partial charge in [0.15, 0.2) is 0 Å². The highest BCUT2D eigenvalue weighted by molar-refractivity contribution is 7.91. The summed E-state index contributed by atoms with van der Waals surface area (Å²) in [5.74, 6) is 1.28. The standard InChI is InChI=1S/C12H27NO2S/c1-5-16(14,15)10-8-6-7-9-12(13-4)11(2)3/h11-13H,5-10H2,1-4H3. The van der Waals surface area contributed by atoms with Gasteiger partial charge in [0.05, 0.1) is 5.75 Å². The molecule has 0 fully saturated rings. The molecule has 0 spiro atoms. The summed E-state index contributed by atoms with van der Waals surface area (Å²) in [6.45, 7) is 6.14. The Morgan fingerprint density at radius 2 is 1.75 bits per heavy atom. The molecule has 4 heteroatoms. The van der Waals surface area contributed by atoms with Crippen molar-refractivity contribution >= 4 is 9.84 Å². The summed E-state index contributed by atoms with van der Waals surface area (Å²) >= 11 is 0. The Kier molecular flexibility index (Phi) is 8.02. The summed E-state index contributed by atoms with van der Waals surface area (Å²) in [6, 6.07) is 0.558. The SMILES string of the molecule is CCS(=O)(=O)CCCCCC(NC)C(C)C. The lowest BCUT2D eigenvalue weighted by Gasteiger charge is -2.19. The maximum Gasteiger partial charge on any atom is 0.150 e. The lowest BCUT2D eigenvalue weighted by molar-refractivity contribution is 0.389. The second-order valence-electron chi connectivity index (χ2n) is 4.72. The van der Waals surface area contributed by atoms with Crippen molar-refractivity contribution in [2.45, 2.75) is 52.5 Å². The highest BCUT2D eigenvalue weighted by Crippen LogP contribution is 2.11. The van der Waals surface area contributed by atoms with E-state index in [-0.39, 0.29) is 5.75 Å². The van der Waals surface area contributed by atoms with E-state index in [1.165, 1.54) is 0 Å². The van der Waals surface area contributed by atoms with E-state index in [0.29, 0.717) is 17.7 Å². The van der Waals surface area contributed by atoms with Crippen molar-refractivity contribution in [3.8, 4) is 0 Å². The number of unbranched alkanes of at least 4 members (excludes halogenated alkanes) is 2. The Morgan fingerprint density at radius 3 is 2.19 bits per heavy atom. The fraction of sp³-hybridized carbons (Fsp3) is 1.00. The third-order valence-electron chi connectivity index (χ3n) is 3.09. The zero-order valence-electron chi connectivity index (χ0n) is 11.1. The van der Waals surface area contributed by atoms with E-state index in [9.17, 15) is 8.42 Å². The van der Waals surface area contributed by atoms with Crippen molar-refractivity contribution in [3.63, 3.8) is 0 Å². The van der Waals surface area contributed by atoms with Crippen molar-refractivity contribution < 1.29 is 8.42 Å². The zero-order chi connectivity index (χ0) is 12.6. The van der Waals surface area contributed by atoms with Crippen LogP contribution in [0.15, 0.2) is 0 Å². The Labute approximate surface area is 101 Å².